The maximum Gasteiger partial charge on any atom is 0.419 e. The van der Waals surface area contributed by atoms with Crippen LogP contribution in [0.3, 0.4) is 0 Å². The van der Waals surface area contributed by atoms with Crippen LogP contribution in [-0.4, -0.2) is 39.3 Å². The molecule has 37 heavy (non-hydrogen) atoms. The fraction of sp³-hybridized carbons (Fsp3) is 0.321. The van der Waals surface area contributed by atoms with Gasteiger partial charge in [0.25, 0.3) is 0 Å². The standard InChI is InChI=1S/C28H33N3O5S/c1-36-26-9-5-8-24(18-26)28(20-30-37(34,35)31-27(32)33)16-14-25(15-17-28)29-19-21-10-12-23(13-11-21)22-6-3-2-4-7-22/h2-13,18,25,29-31H,14-17,19-20H2,1H3,(H,32,33). The molecule has 3 aromatic rings. The highest BCUT2D eigenvalue weighted by Crippen LogP contribution is 2.40. The normalized spacial score (nSPS) is 19.8. The summed E-state index contributed by atoms with van der Waals surface area (Å²) in [6.07, 6.45) is 1.56. The first-order valence-corrected chi connectivity index (χ1v) is 13.8. The van der Waals surface area contributed by atoms with E-state index in [4.69, 9.17) is 9.84 Å². The Labute approximate surface area is 218 Å². The van der Waals surface area contributed by atoms with Gasteiger partial charge in [-0.1, -0.05) is 66.7 Å². The third kappa shape index (κ3) is 7.09. The molecule has 1 aliphatic rings. The molecule has 1 fully saturated rings. The molecule has 0 saturated heterocycles. The Morgan fingerprint density at radius 3 is 2.30 bits per heavy atom. The van der Waals surface area contributed by atoms with E-state index in [0.717, 1.165) is 37.8 Å². The number of carboxylic acid groups (broad SMARTS) is 1. The van der Waals surface area contributed by atoms with E-state index in [1.54, 1.807) is 11.8 Å². The number of hydrogen-bond acceptors (Lipinski definition) is 5. The van der Waals surface area contributed by atoms with Crippen LogP contribution in [0.25, 0.3) is 11.1 Å². The molecule has 0 bridgehead atoms. The second kappa shape index (κ2) is 11.8. The smallest absolute Gasteiger partial charge is 0.419 e. The first kappa shape index (κ1) is 26.7. The van der Waals surface area contributed by atoms with Crippen LogP contribution < -0.4 is 19.5 Å². The van der Waals surface area contributed by atoms with Gasteiger partial charge in [-0.2, -0.15) is 13.1 Å². The Balaban J connectivity index is 1.40. The van der Waals surface area contributed by atoms with Gasteiger partial charge in [0.15, 0.2) is 0 Å². The minimum atomic E-state index is -4.17. The van der Waals surface area contributed by atoms with Crippen LogP contribution >= 0.6 is 0 Å². The summed E-state index contributed by atoms with van der Waals surface area (Å²) in [5.74, 6) is 0.697. The predicted octanol–water partition coefficient (Wildman–Crippen LogP) is 4.43. The van der Waals surface area contributed by atoms with Gasteiger partial charge in [-0.3, -0.25) is 0 Å². The minimum absolute atomic E-state index is 0.0937. The van der Waals surface area contributed by atoms with E-state index in [9.17, 15) is 13.2 Å². The third-order valence-corrected chi connectivity index (χ3v) is 8.07. The lowest BCUT2D eigenvalue weighted by Crippen LogP contribution is -2.49. The van der Waals surface area contributed by atoms with Crippen molar-refractivity contribution in [1.82, 2.24) is 14.8 Å². The van der Waals surface area contributed by atoms with E-state index < -0.39 is 21.7 Å². The first-order chi connectivity index (χ1) is 17.8. The van der Waals surface area contributed by atoms with E-state index in [1.807, 2.05) is 42.5 Å². The Hall–Kier alpha value is -3.40. The van der Waals surface area contributed by atoms with Crippen molar-refractivity contribution in [2.75, 3.05) is 13.7 Å². The lowest BCUT2D eigenvalue weighted by atomic mass is 9.68. The van der Waals surface area contributed by atoms with Crippen LogP contribution in [0.1, 0.15) is 36.8 Å². The Morgan fingerprint density at radius 2 is 1.65 bits per heavy atom. The highest BCUT2D eigenvalue weighted by atomic mass is 32.2. The fourth-order valence-corrected chi connectivity index (χ4v) is 5.76. The topological polar surface area (TPSA) is 117 Å². The molecule has 0 heterocycles. The first-order valence-electron chi connectivity index (χ1n) is 12.3. The van der Waals surface area contributed by atoms with Crippen LogP contribution in [0.5, 0.6) is 5.75 Å². The third-order valence-electron chi connectivity index (χ3n) is 7.10. The van der Waals surface area contributed by atoms with Gasteiger partial charge in [0, 0.05) is 24.5 Å². The maximum atomic E-state index is 12.2. The highest BCUT2D eigenvalue weighted by Gasteiger charge is 2.38. The molecule has 1 amide bonds. The number of hydrogen-bond donors (Lipinski definition) is 4. The molecular weight excluding hydrogens is 490 g/mol. The number of rotatable bonds is 10. The molecule has 3 aromatic carbocycles. The molecule has 4 rings (SSSR count). The zero-order chi connectivity index (χ0) is 26.3. The molecule has 8 nitrogen and oxygen atoms in total. The van der Waals surface area contributed by atoms with Crippen LogP contribution in [0, 0.1) is 0 Å². The maximum absolute atomic E-state index is 12.2. The summed E-state index contributed by atoms with van der Waals surface area (Å²) < 4.78 is 33.7. The number of amides is 1. The predicted molar refractivity (Wildman–Crippen MR) is 144 cm³/mol. The van der Waals surface area contributed by atoms with Gasteiger partial charge in [-0.15, -0.1) is 0 Å². The summed E-state index contributed by atoms with van der Waals surface area (Å²) in [6, 6.07) is 26.8. The molecule has 0 spiro atoms. The monoisotopic (exact) mass is 523 g/mol. The Kier molecular flexibility index (Phi) is 8.48. The molecule has 0 aromatic heterocycles. The van der Waals surface area contributed by atoms with Gasteiger partial charge < -0.3 is 15.2 Å². The van der Waals surface area contributed by atoms with Crippen LogP contribution in [-0.2, 0) is 22.2 Å². The summed E-state index contributed by atoms with van der Waals surface area (Å²) in [7, 11) is -2.58. The molecular formula is C28H33N3O5S. The number of nitrogens with one attached hydrogen (secondary N) is 3. The van der Waals surface area contributed by atoms with Crippen molar-refractivity contribution in [1.29, 1.82) is 0 Å². The van der Waals surface area contributed by atoms with Crippen molar-refractivity contribution in [2.24, 2.45) is 0 Å². The van der Waals surface area contributed by atoms with Crippen LogP contribution in [0.15, 0.2) is 78.9 Å². The molecule has 0 unspecified atom stereocenters. The van der Waals surface area contributed by atoms with Gasteiger partial charge >= 0.3 is 16.3 Å². The van der Waals surface area contributed by atoms with Crippen LogP contribution in [0.2, 0.25) is 0 Å². The van der Waals surface area contributed by atoms with E-state index in [-0.39, 0.29) is 6.54 Å². The van der Waals surface area contributed by atoms with Crippen molar-refractivity contribution in [2.45, 2.75) is 43.7 Å². The van der Waals surface area contributed by atoms with Crippen molar-refractivity contribution >= 4 is 16.3 Å². The summed E-state index contributed by atoms with van der Waals surface area (Å²) in [4.78, 5) is 10.9. The largest absolute Gasteiger partial charge is 0.497 e. The van der Waals surface area contributed by atoms with Gasteiger partial charge in [0.2, 0.25) is 0 Å². The summed E-state index contributed by atoms with van der Waals surface area (Å²) in [5, 5.41) is 12.5. The number of ether oxygens (including phenoxy) is 1. The molecule has 0 radical (unpaired) electrons. The highest BCUT2D eigenvalue weighted by molar-refractivity contribution is 7.88. The quantitative estimate of drug-likeness (QED) is 0.312. The van der Waals surface area contributed by atoms with Crippen molar-refractivity contribution in [3.05, 3.63) is 90.0 Å². The number of carbonyl (C=O) groups is 1. The second-order valence-corrected chi connectivity index (χ2v) is 11.0. The zero-order valence-electron chi connectivity index (χ0n) is 20.8. The average molecular weight is 524 g/mol. The molecule has 9 heteroatoms. The van der Waals surface area contributed by atoms with Gasteiger partial charge in [-0.05, 0) is 60.1 Å². The minimum Gasteiger partial charge on any atom is -0.497 e. The van der Waals surface area contributed by atoms with Gasteiger partial charge in [0.1, 0.15) is 5.75 Å². The van der Waals surface area contributed by atoms with Crippen molar-refractivity contribution < 1.29 is 23.1 Å². The van der Waals surface area contributed by atoms with E-state index in [1.165, 1.54) is 16.7 Å². The lowest BCUT2D eigenvalue weighted by Gasteiger charge is -2.41. The van der Waals surface area contributed by atoms with Crippen LogP contribution in [0.4, 0.5) is 4.79 Å². The molecule has 1 aliphatic carbocycles. The number of benzene rings is 3. The summed E-state index contributed by atoms with van der Waals surface area (Å²) >= 11 is 0. The second-order valence-electron chi connectivity index (χ2n) is 9.46. The number of methoxy groups -OCH3 is 1. The Bertz CT molecular complexity index is 1290. The SMILES string of the molecule is COc1cccc(C2(CNS(=O)(=O)NC(=O)O)CCC(NCc3ccc(-c4ccccc4)cc3)CC2)c1. The average Bonchev–Trinajstić information content (AvgIpc) is 2.91. The van der Waals surface area contributed by atoms with Gasteiger partial charge in [-0.25, -0.2) is 9.52 Å². The fourth-order valence-electron chi connectivity index (χ4n) is 4.99. The van der Waals surface area contributed by atoms with E-state index in [0.29, 0.717) is 11.8 Å². The zero-order valence-corrected chi connectivity index (χ0v) is 21.6. The van der Waals surface area contributed by atoms with Crippen molar-refractivity contribution in [3.8, 4) is 16.9 Å². The van der Waals surface area contributed by atoms with E-state index >= 15 is 0 Å². The van der Waals surface area contributed by atoms with Crippen molar-refractivity contribution in [3.63, 3.8) is 0 Å². The molecule has 1 saturated carbocycles. The summed E-state index contributed by atoms with van der Waals surface area (Å²) in [6.45, 7) is 0.845. The summed E-state index contributed by atoms with van der Waals surface area (Å²) in [5.41, 5.74) is 4.08. The van der Waals surface area contributed by atoms with E-state index in [2.05, 4.69) is 46.4 Å². The molecule has 0 aliphatic heterocycles. The molecule has 0 atom stereocenters. The lowest BCUT2D eigenvalue weighted by molar-refractivity contribution is 0.200. The molecule has 196 valence electrons. The molecule has 4 N–H and O–H groups in total. The Morgan fingerprint density at radius 1 is 0.973 bits per heavy atom. The van der Waals surface area contributed by atoms with Gasteiger partial charge in [0.05, 0.1) is 7.11 Å².